The molecular weight excluding hydrogens is 419 g/mol. The summed E-state index contributed by atoms with van der Waals surface area (Å²) >= 11 is 0. The maximum absolute atomic E-state index is 14.6. The van der Waals surface area contributed by atoms with Gasteiger partial charge in [-0.05, 0) is 43.9 Å². The molecule has 1 atom stereocenters. The molecule has 1 unspecified atom stereocenters. The van der Waals surface area contributed by atoms with Gasteiger partial charge in [-0.3, -0.25) is 14.6 Å². The van der Waals surface area contributed by atoms with Crippen LogP contribution < -0.4 is 5.32 Å². The lowest BCUT2D eigenvalue weighted by molar-refractivity contribution is -0.130. The Morgan fingerprint density at radius 1 is 1.09 bits per heavy atom. The van der Waals surface area contributed by atoms with Gasteiger partial charge in [0.15, 0.2) is 0 Å². The molecule has 4 rings (SSSR count). The molecule has 0 bridgehead atoms. The van der Waals surface area contributed by atoms with Crippen LogP contribution in [0.25, 0.3) is 11.1 Å². The number of hydrogen-bond donors (Lipinski definition) is 1. The Bertz CT molecular complexity index is 1150. The summed E-state index contributed by atoms with van der Waals surface area (Å²) in [4.78, 5) is 36.2. The lowest BCUT2D eigenvalue weighted by atomic mass is 9.78. The van der Waals surface area contributed by atoms with E-state index in [0.717, 1.165) is 11.1 Å². The molecule has 0 radical (unpaired) electrons. The molecule has 1 aliphatic heterocycles. The van der Waals surface area contributed by atoms with Gasteiger partial charge in [0.05, 0.1) is 11.6 Å². The highest BCUT2D eigenvalue weighted by Gasteiger charge is 2.46. The van der Waals surface area contributed by atoms with Gasteiger partial charge < -0.3 is 10.2 Å². The van der Waals surface area contributed by atoms with Crippen molar-refractivity contribution in [1.29, 1.82) is 0 Å². The Labute approximate surface area is 192 Å². The Morgan fingerprint density at radius 2 is 1.82 bits per heavy atom. The first-order valence-corrected chi connectivity index (χ1v) is 11.1. The molecule has 2 amide bonds. The smallest absolute Gasteiger partial charge is 0.274 e. The zero-order valence-electron chi connectivity index (χ0n) is 18.8. The van der Waals surface area contributed by atoms with Crippen molar-refractivity contribution < 1.29 is 14.0 Å². The molecule has 0 spiro atoms. The van der Waals surface area contributed by atoms with Gasteiger partial charge in [0, 0.05) is 37.1 Å². The third kappa shape index (κ3) is 4.77. The number of carbonyl (C=O) groups excluding carboxylic acids is 2. The number of nitrogens with one attached hydrogen (secondary N) is 1. The second kappa shape index (κ2) is 9.48. The van der Waals surface area contributed by atoms with Crippen LogP contribution in [0, 0.1) is 11.2 Å². The number of rotatable bonds is 6. The van der Waals surface area contributed by atoms with E-state index < -0.39 is 5.41 Å². The molecule has 1 N–H and O–H groups in total. The Morgan fingerprint density at radius 3 is 2.52 bits per heavy atom. The van der Waals surface area contributed by atoms with Gasteiger partial charge in [0.25, 0.3) is 5.91 Å². The average molecular weight is 447 g/mol. The van der Waals surface area contributed by atoms with Crippen LogP contribution in [0.5, 0.6) is 0 Å². The topological polar surface area (TPSA) is 75.2 Å². The minimum atomic E-state index is -0.830. The van der Waals surface area contributed by atoms with Crippen LogP contribution in [0.1, 0.15) is 36.3 Å². The van der Waals surface area contributed by atoms with Crippen LogP contribution in [-0.4, -0.2) is 45.8 Å². The van der Waals surface area contributed by atoms with Gasteiger partial charge >= 0.3 is 0 Å². The monoisotopic (exact) mass is 446 g/mol. The quantitative estimate of drug-likeness (QED) is 0.624. The van der Waals surface area contributed by atoms with E-state index in [1.54, 1.807) is 23.1 Å². The molecule has 1 aromatic heterocycles. The van der Waals surface area contributed by atoms with Gasteiger partial charge in [0.2, 0.25) is 5.91 Å². The van der Waals surface area contributed by atoms with Crippen molar-refractivity contribution >= 4 is 11.8 Å². The summed E-state index contributed by atoms with van der Waals surface area (Å²) in [6, 6.07) is 14.2. The second-order valence-electron chi connectivity index (χ2n) is 8.79. The van der Waals surface area contributed by atoms with Crippen molar-refractivity contribution in [2.24, 2.45) is 5.41 Å². The summed E-state index contributed by atoms with van der Waals surface area (Å²) in [5.74, 6) is -0.656. The number of hydrogen-bond acceptors (Lipinski definition) is 4. The maximum Gasteiger partial charge on any atom is 0.274 e. The fourth-order valence-electron chi connectivity index (χ4n) is 4.42. The van der Waals surface area contributed by atoms with Gasteiger partial charge in [0.1, 0.15) is 11.5 Å². The molecule has 7 heteroatoms. The van der Waals surface area contributed by atoms with Crippen LogP contribution in [0.15, 0.2) is 67.1 Å². The number of nitrogens with zero attached hydrogens (tertiary/aromatic N) is 3. The lowest BCUT2D eigenvalue weighted by Crippen LogP contribution is -2.47. The number of halogens is 1. The number of aromatic nitrogens is 2. The molecular formula is C26H27FN4O2. The third-order valence-electron chi connectivity index (χ3n) is 6.03. The number of amides is 2. The predicted octanol–water partition coefficient (Wildman–Crippen LogP) is 3.88. The van der Waals surface area contributed by atoms with Gasteiger partial charge in [-0.25, -0.2) is 9.37 Å². The van der Waals surface area contributed by atoms with Crippen LogP contribution >= 0.6 is 0 Å². The molecule has 2 aromatic carbocycles. The van der Waals surface area contributed by atoms with E-state index in [-0.39, 0.29) is 35.9 Å². The first kappa shape index (κ1) is 22.6. The molecule has 1 fully saturated rings. The van der Waals surface area contributed by atoms with E-state index in [2.05, 4.69) is 15.3 Å². The molecule has 0 aliphatic carbocycles. The van der Waals surface area contributed by atoms with E-state index in [1.165, 1.54) is 24.7 Å². The Hall–Kier alpha value is -3.61. The summed E-state index contributed by atoms with van der Waals surface area (Å²) < 4.78 is 14.6. The largest absolute Gasteiger partial charge is 0.353 e. The molecule has 0 saturated carbocycles. The number of carbonyl (C=O) groups is 2. The van der Waals surface area contributed by atoms with Crippen LogP contribution in [0.4, 0.5) is 4.39 Å². The first-order chi connectivity index (χ1) is 15.9. The summed E-state index contributed by atoms with van der Waals surface area (Å²) in [6.45, 7) is 4.52. The van der Waals surface area contributed by atoms with Crippen LogP contribution in [0.3, 0.4) is 0 Å². The average Bonchev–Trinajstić information content (AvgIpc) is 3.25. The van der Waals surface area contributed by atoms with E-state index in [4.69, 9.17) is 0 Å². The zero-order chi connectivity index (χ0) is 23.4. The third-order valence-corrected chi connectivity index (χ3v) is 6.03. The fourth-order valence-corrected chi connectivity index (χ4v) is 4.42. The first-order valence-electron chi connectivity index (χ1n) is 11.1. The number of likely N-dealkylation sites (tertiary alicyclic amines) is 1. The minimum Gasteiger partial charge on any atom is -0.353 e. The number of benzene rings is 2. The standard InChI is InChI=1S/C26H27FN4O2/c1-18(2)30-25(33)26(11-14-31(17-26)24(32)23-16-28-12-13-29-23)15-19-7-3-4-8-20(19)21-9-5-6-10-22(21)27/h3-10,12-13,16,18H,11,14-15,17H2,1-2H3,(H,30,33). The van der Waals surface area contributed by atoms with Gasteiger partial charge in [-0.2, -0.15) is 0 Å². The van der Waals surface area contributed by atoms with Crippen LogP contribution in [-0.2, 0) is 11.2 Å². The van der Waals surface area contributed by atoms with Crippen molar-refractivity contribution in [2.45, 2.75) is 32.7 Å². The van der Waals surface area contributed by atoms with Crippen molar-refractivity contribution in [1.82, 2.24) is 20.2 Å². The normalized spacial score (nSPS) is 17.9. The summed E-state index contributed by atoms with van der Waals surface area (Å²) in [5.41, 5.74) is 1.55. The zero-order valence-corrected chi connectivity index (χ0v) is 18.8. The summed E-state index contributed by atoms with van der Waals surface area (Å²) in [5, 5.41) is 3.04. The molecule has 170 valence electrons. The Balaban J connectivity index is 1.68. The van der Waals surface area contributed by atoms with Crippen molar-refractivity contribution in [3.63, 3.8) is 0 Å². The predicted molar refractivity (Wildman–Crippen MR) is 124 cm³/mol. The van der Waals surface area contributed by atoms with Crippen molar-refractivity contribution in [3.05, 3.63) is 84.2 Å². The van der Waals surface area contributed by atoms with E-state index in [1.807, 2.05) is 38.1 Å². The van der Waals surface area contributed by atoms with E-state index in [9.17, 15) is 14.0 Å². The Kier molecular flexibility index (Phi) is 6.49. The molecule has 3 aromatic rings. The maximum atomic E-state index is 14.6. The fraction of sp³-hybridized carbons (Fsp3) is 0.308. The molecule has 1 saturated heterocycles. The lowest BCUT2D eigenvalue weighted by Gasteiger charge is -2.30. The van der Waals surface area contributed by atoms with E-state index >= 15 is 0 Å². The SMILES string of the molecule is CC(C)NC(=O)C1(Cc2ccccc2-c2ccccc2F)CCN(C(=O)c2cnccn2)C1. The van der Waals surface area contributed by atoms with Crippen LogP contribution in [0.2, 0.25) is 0 Å². The highest BCUT2D eigenvalue weighted by atomic mass is 19.1. The molecule has 6 nitrogen and oxygen atoms in total. The second-order valence-corrected chi connectivity index (χ2v) is 8.79. The highest BCUT2D eigenvalue weighted by molar-refractivity contribution is 5.93. The molecule has 1 aliphatic rings. The molecule has 33 heavy (non-hydrogen) atoms. The van der Waals surface area contributed by atoms with Gasteiger partial charge in [-0.15, -0.1) is 0 Å². The highest BCUT2D eigenvalue weighted by Crippen LogP contribution is 2.38. The van der Waals surface area contributed by atoms with Crippen molar-refractivity contribution in [3.8, 4) is 11.1 Å². The molecule has 2 heterocycles. The van der Waals surface area contributed by atoms with E-state index in [0.29, 0.717) is 24.9 Å². The minimum absolute atomic E-state index is 0.0408. The summed E-state index contributed by atoms with van der Waals surface area (Å²) in [6.07, 6.45) is 5.32. The van der Waals surface area contributed by atoms with Gasteiger partial charge in [-0.1, -0.05) is 42.5 Å². The van der Waals surface area contributed by atoms with Crippen molar-refractivity contribution in [2.75, 3.05) is 13.1 Å². The summed E-state index contributed by atoms with van der Waals surface area (Å²) in [7, 11) is 0.